The van der Waals surface area contributed by atoms with Gasteiger partial charge in [0.05, 0.1) is 6.61 Å². The number of hydrogen-bond acceptors (Lipinski definition) is 4. The molecule has 0 aliphatic carbocycles. The van der Waals surface area contributed by atoms with E-state index in [1.54, 1.807) is 13.0 Å². The van der Waals surface area contributed by atoms with Crippen molar-refractivity contribution in [3.8, 4) is 6.07 Å². The van der Waals surface area contributed by atoms with E-state index in [2.05, 4.69) is 0 Å². The van der Waals surface area contributed by atoms with Gasteiger partial charge in [0, 0.05) is 4.88 Å². The number of nitrogens with zero attached hydrogens (tertiary/aromatic N) is 1. The normalized spacial score (nSPS) is 10.9. The van der Waals surface area contributed by atoms with Gasteiger partial charge in [-0.15, -0.1) is 11.3 Å². The number of aryl methyl sites for hydroxylation is 1. The summed E-state index contributed by atoms with van der Waals surface area (Å²) in [6.07, 6.45) is 1.57. The minimum Gasteiger partial charge on any atom is -0.462 e. The molecular formula is C11H11NO2S. The van der Waals surface area contributed by atoms with Crippen molar-refractivity contribution in [1.29, 1.82) is 5.26 Å². The third-order valence-corrected chi connectivity index (χ3v) is 2.76. The topological polar surface area (TPSA) is 50.1 Å². The van der Waals surface area contributed by atoms with Crippen LogP contribution in [0, 0.1) is 18.3 Å². The van der Waals surface area contributed by atoms with Gasteiger partial charge in [0.1, 0.15) is 11.6 Å². The summed E-state index contributed by atoms with van der Waals surface area (Å²) < 4.78 is 4.76. The van der Waals surface area contributed by atoms with Crippen LogP contribution in [0.15, 0.2) is 17.0 Å². The highest BCUT2D eigenvalue weighted by molar-refractivity contribution is 7.11. The molecule has 0 bridgehead atoms. The van der Waals surface area contributed by atoms with Crippen molar-refractivity contribution in [1.82, 2.24) is 0 Å². The zero-order valence-corrected chi connectivity index (χ0v) is 9.43. The van der Waals surface area contributed by atoms with Crippen molar-refractivity contribution < 1.29 is 9.53 Å². The fourth-order valence-corrected chi connectivity index (χ4v) is 1.87. The van der Waals surface area contributed by atoms with E-state index >= 15 is 0 Å². The maximum absolute atomic E-state index is 11.3. The van der Waals surface area contributed by atoms with Gasteiger partial charge in [-0.1, -0.05) is 0 Å². The number of carbonyl (C=O) groups is 1. The van der Waals surface area contributed by atoms with E-state index in [0.717, 1.165) is 10.4 Å². The second-order valence-electron chi connectivity index (χ2n) is 2.86. The van der Waals surface area contributed by atoms with Gasteiger partial charge in [-0.2, -0.15) is 5.26 Å². The Labute approximate surface area is 92.6 Å². The molecule has 1 aromatic heterocycles. The molecule has 0 atom stereocenters. The van der Waals surface area contributed by atoms with Gasteiger partial charge in [-0.05, 0) is 36.9 Å². The monoisotopic (exact) mass is 221 g/mol. The summed E-state index contributed by atoms with van der Waals surface area (Å²) in [5.74, 6) is -0.562. The second kappa shape index (κ2) is 5.32. The number of hydrogen-bond donors (Lipinski definition) is 0. The molecule has 0 saturated heterocycles. The molecular weight excluding hydrogens is 210 g/mol. The van der Waals surface area contributed by atoms with Crippen molar-refractivity contribution in [3.05, 3.63) is 27.5 Å². The molecule has 0 aliphatic rings. The zero-order chi connectivity index (χ0) is 11.3. The summed E-state index contributed by atoms with van der Waals surface area (Å²) in [6.45, 7) is 3.92. The third kappa shape index (κ3) is 2.93. The van der Waals surface area contributed by atoms with Crippen LogP contribution in [0.3, 0.4) is 0 Å². The van der Waals surface area contributed by atoms with Gasteiger partial charge in [-0.25, -0.2) is 4.79 Å². The maximum Gasteiger partial charge on any atom is 0.348 e. The Hall–Kier alpha value is -1.60. The number of rotatable bonds is 3. The van der Waals surface area contributed by atoms with Crippen molar-refractivity contribution in [3.63, 3.8) is 0 Å². The molecule has 0 radical (unpaired) electrons. The molecule has 1 aromatic rings. The second-order valence-corrected chi connectivity index (χ2v) is 3.81. The number of ether oxygens (including phenoxy) is 1. The minimum atomic E-state index is -0.562. The predicted molar refractivity (Wildman–Crippen MR) is 59.3 cm³/mol. The fraction of sp³-hybridized carbons (Fsp3) is 0.273. The standard InChI is InChI=1S/C11H11NO2S/c1-3-14-11(13)9(7-12)6-10-8(2)4-5-15-10/h4-6H,3H2,1-2H3/b9-6+. The lowest BCUT2D eigenvalue weighted by Gasteiger charge is -1.98. The molecule has 78 valence electrons. The van der Waals surface area contributed by atoms with E-state index in [0.29, 0.717) is 0 Å². The predicted octanol–water partition coefficient (Wildman–Crippen LogP) is 2.53. The summed E-state index contributed by atoms with van der Waals surface area (Å²) in [5, 5.41) is 10.7. The first kappa shape index (κ1) is 11.5. The Morgan fingerprint density at radius 1 is 1.73 bits per heavy atom. The van der Waals surface area contributed by atoms with Crippen LogP contribution >= 0.6 is 11.3 Å². The van der Waals surface area contributed by atoms with E-state index in [-0.39, 0.29) is 12.2 Å². The van der Waals surface area contributed by atoms with E-state index in [4.69, 9.17) is 10.00 Å². The Balaban J connectivity index is 2.94. The molecule has 0 spiro atoms. The molecule has 0 aliphatic heterocycles. The van der Waals surface area contributed by atoms with Crippen LogP contribution in [0.4, 0.5) is 0 Å². The van der Waals surface area contributed by atoms with Gasteiger partial charge < -0.3 is 4.74 Å². The number of nitriles is 1. The van der Waals surface area contributed by atoms with Crippen molar-refractivity contribution in [2.45, 2.75) is 13.8 Å². The Morgan fingerprint density at radius 2 is 2.47 bits per heavy atom. The third-order valence-electron chi connectivity index (χ3n) is 1.79. The largest absolute Gasteiger partial charge is 0.462 e. The quantitative estimate of drug-likeness (QED) is 0.447. The van der Waals surface area contributed by atoms with Gasteiger partial charge in [0.15, 0.2) is 0 Å². The first-order valence-corrected chi connectivity index (χ1v) is 5.40. The van der Waals surface area contributed by atoms with E-state index in [1.807, 2.05) is 24.4 Å². The average molecular weight is 221 g/mol. The maximum atomic E-state index is 11.3. The van der Waals surface area contributed by atoms with Crippen LogP contribution in [0.25, 0.3) is 6.08 Å². The first-order valence-electron chi connectivity index (χ1n) is 4.52. The molecule has 0 aromatic carbocycles. The minimum absolute atomic E-state index is 0.0439. The summed E-state index contributed by atoms with van der Waals surface area (Å²) >= 11 is 1.49. The molecule has 1 rings (SSSR count). The Morgan fingerprint density at radius 3 is 2.93 bits per heavy atom. The van der Waals surface area contributed by atoms with Crippen LogP contribution in [0.1, 0.15) is 17.4 Å². The summed E-state index contributed by atoms with van der Waals surface area (Å²) in [6, 6.07) is 3.79. The van der Waals surface area contributed by atoms with Gasteiger partial charge in [0.25, 0.3) is 0 Å². The lowest BCUT2D eigenvalue weighted by atomic mass is 10.2. The molecule has 1 heterocycles. The van der Waals surface area contributed by atoms with Crippen LogP contribution < -0.4 is 0 Å². The number of esters is 1. The summed E-state index contributed by atoms with van der Waals surface area (Å²) in [7, 11) is 0. The van der Waals surface area contributed by atoms with Gasteiger partial charge in [0.2, 0.25) is 0 Å². The highest BCUT2D eigenvalue weighted by atomic mass is 32.1. The van der Waals surface area contributed by atoms with E-state index in [1.165, 1.54) is 11.3 Å². The van der Waals surface area contributed by atoms with Crippen LogP contribution in [0.5, 0.6) is 0 Å². The van der Waals surface area contributed by atoms with Crippen molar-refractivity contribution in [2.75, 3.05) is 6.61 Å². The van der Waals surface area contributed by atoms with Gasteiger partial charge >= 0.3 is 5.97 Å². The average Bonchev–Trinajstić information content (AvgIpc) is 2.61. The smallest absolute Gasteiger partial charge is 0.348 e. The number of carbonyl (C=O) groups excluding carboxylic acids is 1. The van der Waals surface area contributed by atoms with Crippen molar-refractivity contribution >= 4 is 23.4 Å². The first-order chi connectivity index (χ1) is 7.19. The zero-order valence-electron chi connectivity index (χ0n) is 8.61. The van der Waals surface area contributed by atoms with E-state index in [9.17, 15) is 4.79 Å². The summed E-state index contributed by atoms with van der Waals surface area (Å²) in [5.41, 5.74) is 1.10. The number of thiophene rings is 1. The van der Waals surface area contributed by atoms with E-state index < -0.39 is 5.97 Å². The van der Waals surface area contributed by atoms with Crippen LogP contribution in [-0.2, 0) is 9.53 Å². The molecule has 0 amide bonds. The fourth-order valence-electron chi connectivity index (χ4n) is 1.01. The van der Waals surface area contributed by atoms with Gasteiger partial charge in [-0.3, -0.25) is 0 Å². The Kier molecular flexibility index (Phi) is 4.07. The highest BCUT2D eigenvalue weighted by Crippen LogP contribution is 2.19. The van der Waals surface area contributed by atoms with Crippen molar-refractivity contribution in [2.24, 2.45) is 0 Å². The lowest BCUT2D eigenvalue weighted by molar-refractivity contribution is -0.137. The molecule has 3 nitrogen and oxygen atoms in total. The highest BCUT2D eigenvalue weighted by Gasteiger charge is 2.10. The van der Waals surface area contributed by atoms with Crippen LogP contribution in [-0.4, -0.2) is 12.6 Å². The molecule has 0 saturated carbocycles. The summed E-state index contributed by atoms with van der Waals surface area (Å²) in [4.78, 5) is 12.2. The lowest BCUT2D eigenvalue weighted by Crippen LogP contribution is -2.05. The molecule has 0 fully saturated rings. The van der Waals surface area contributed by atoms with Crippen LogP contribution in [0.2, 0.25) is 0 Å². The molecule has 15 heavy (non-hydrogen) atoms. The molecule has 0 N–H and O–H groups in total. The molecule has 0 unspecified atom stereocenters. The Bertz CT molecular complexity index is 426. The SMILES string of the molecule is CCOC(=O)/C(C#N)=C/c1sccc1C. The molecule has 4 heteroatoms.